The molecule has 3 rings (SSSR count). The van der Waals surface area contributed by atoms with Crippen LogP contribution in [0, 0.1) is 5.92 Å². The van der Waals surface area contributed by atoms with Gasteiger partial charge in [-0.1, -0.05) is 6.07 Å². The summed E-state index contributed by atoms with van der Waals surface area (Å²) in [5.41, 5.74) is 0. The van der Waals surface area contributed by atoms with Gasteiger partial charge in [-0.25, -0.2) is 0 Å². The van der Waals surface area contributed by atoms with Gasteiger partial charge in [0.2, 0.25) is 5.91 Å². The second-order valence-electron chi connectivity index (χ2n) is 5.96. The van der Waals surface area contributed by atoms with Crippen LogP contribution in [0.1, 0.15) is 35.4 Å². The lowest BCUT2D eigenvalue weighted by atomic mass is 9.98. The molecule has 120 valence electrons. The van der Waals surface area contributed by atoms with Gasteiger partial charge in [-0.05, 0) is 37.1 Å². The number of piperidine rings is 1. The molecule has 2 amide bonds. The van der Waals surface area contributed by atoms with E-state index in [9.17, 15) is 9.59 Å². The number of carbonyl (C=O) groups excluding carboxylic acids is 2. The SMILES string of the molecule is O=C(NC1CCCN(C(=O)c2cccs2)C1)C1CCOCC1. The van der Waals surface area contributed by atoms with E-state index in [1.54, 1.807) is 0 Å². The lowest BCUT2D eigenvalue weighted by molar-refractivity contribution is -0.128. The summed E-state index contributed by atoms with van der Waals surface area (Å²) in [5.74, 6) is 0.274. The third-order valence-electron chi connectivity index (χ3n) is 4.38. The quantitative estimate of drug-likeness (QED) is 0.924. The summed E-state index contributed by atoms with van der Waals surface area (Å²) in [7, 11) is 0. The molecule has 1 unspecified atom stereocenters. The second kappa shape index (κ2) is 7.24. The van der Waals surface area contributed by atoms with Crippen LogP contribution in [0.5, 0.6) is 0 Å². The second-order valence-corrected chi connectivity index (χ2v) is 6.91. The maximum atomic E-state index is 12.4. The van der Waals surface area contributed by atoms with Crippen LogP contribution in [-0.4, -0.2) is 49.1 Å². The van der Waals surface area contributed by atoms with E-state index >= 15 is 0 Å². The first kappa shape index (κ1) is 15.5. The van der Waals surface area contributed by atoms with Crippen molar-refractivity contribution in [2.75, 3.05) is 26.3 Å². The first-order chi connectivity index (χ1) is 10.7. The molecule has 0 aromatic carbocycles. The van der Waals surface area contributed by atoms with Crippen LogP contribution >= 0.6 is 11.3 Å². The number of thiophene rings is 1. The van der Waals surface area contributed by atoms with E-state index in [0.29, 0.717) is 19.8 Å². The molecule has 0 aliphatic carbocycles. The molecule has 6 heteroatoms. The molecule has 2 aliphatic rings. The van der Waals surface area contributed by atoms with Gasteiger partial charge in [-0.2, -0.15) is 0 Å². The van der Waals surface area contributed by atoms with Crippen LogP contribution in [0.15, 0.2) is 17.5 Å². The van der Waals surface area contributed by atoms with Crippen molar-refractivity contribution in [3.05, 3.63) is 22.4 Å². The Morgan fingerprint density at radius 1 is 1.27 bits per heavy atom. The average molecular weight is 322 g/mol. The average Bonchev–Trinajstić information content (AvgIpc) is 3.09. The van der Waals surface area contributed by atoms with Crippen molar-refractivity contribution in [1.29, 1.82) is 0 Å². The monoisotopic (exact) mass is 322 g/mol. The molecule has 0 bridgehead atoms. The molecule has 0 spiro atoms. The lowest BCUT2D eigenvalue weighted by Gasteiger charge is -2.34. The van der Waals surface area contributed by atoms with Gasteiger partial charge in [0.1, 0.15) is 0 Å². The Labute approximate surface area is 134 Å². The van der Waals surface area contributed by atoms with Crippen LogP contribution < -0.4 is 5.32 Å². The van der Waals surface area contributed by atoms with E-state index in [4.69, 9.17) is 4.74 Å². The molecule has 1 aromatic rings. The number of carbonyl (C=O) groups is 2. The minimum absolute atomic E-state index is 0.0668. The molecule has 0 saturated carbocycles. The molecule has 1 N–H and O–H groups in total. The summed E-state index contributed by atoms with van der Waals surface area (Å²) >= 11 is 1.47. The molecule has 3 heterocycles. The Morgan fingerprint density at radius 2 is 2.09 bits per heavy atom. The third kappa shape index (κ3) is 3.67. The molecule has 1 atom stereocenters. The fourth-order valence-corrected chi connectivity index (χ4v) is 3.81. The predicted octanol–water partition coefficient (Wildman–Crippen LogP) is 1.90. The highest BCUT2D eigenvalue weighted by molar-refractivity contribution is 7.12. The summed E-state index contributed by atoms with van der Waals surface area (Å²) in [6.07, 6.45) is 3.49. The number of hydrogen-bond acceptors (Lipinski definition) is 4. The minimum atomic E-state index is 0.0668. The number of amides is 2. The van der Waals surface area contributed by atoms with Crippen molar-refractivity contribution in [3.63, 3.8) is 0 Å². The Bertz CT molecular complexity index is 511. The summed E-state index contributed by atoms with van der Waals surface area (Å²) in [4.78, 5) is 27.3. The van der Waals surface area contributed by atoms with Crippen molar-refractivity contribution in [3.8, 4) is 0 Å². The predicted molar refractivity (Wildman–Crippen MR) is 84.9 cm³/mol. The van der Waals surface area contributed by atoms with Gasteiger partial charge in [-0.3, -0.25) is 9.59 Å². The van der Waals surface area contributed by atoms with Gasteiger partial charge in [0.05, 0.1) is 4.88 Å². The van der Waals surface area contributed by atoms with Crippen LogP contribution in [0.4, 0.5) is 0 Å². The first-order valence-corrected chi connectivity index (χ1v) is 8.83. The number of rotatable bonds is 3. The largest absolute Gasteiger partial charge is 0.381 e. The number of hydrogen-bond donors (Lipinski definition) is 1. The molecule has 1 aromatic heterocycles. The highest BCUT2D eigenvalue weighted by Gasteiger charge is 2.28. The van der Waals surface area contributed by atoms with E-state index in [0.717, 1.165) is 37.1 Å². The van der Waals surface area contributed by atoms with E-state index < -0.39 is 0 Å². The van der Waals surface area contributed by atoms with Gasteiger partial charge in [0, 0.05) is 38.3 Å². The van der Waals surface area contributed by atoms with Gasteiger partial charge >= 0.3 is 0 Å². The molecular formula is C16H22N2O3S. The van der Waals surface area contributed by atoms with E-state index in [2.05, 4.69) is 5.32 Å². The molecule has 0 radical (unpaired) electrons. The molecule has 2 saturated heterocycles. The first-order valence-electron chi connectivity index (χ1n) is 7.95. The van der Waals surface area contributed by atoms with Gasteiger partial charge < -0.3 is 15.0 Å². The van der Waals surface area contributed by atoms with Gasteiger partial charge in [-0.15, -0.1) is 11.3 Å². The zero-order valence-electron chi connectivity index (χ0n) is 12.6. The zero-order chi connectivity index (χ0) is 15.4. The standard InChI is InChI=1S/C16H22N2O3S/c19-15(12-5-8-21-9-6-12)17-13-3-1-7-18(11-13)16(20)14-4-2-10-22-14/h2,4,10,12-13H,1,3,5-9,11H2,(H,17,19). The minimum Gasteiger partial charge on any atom is -0.381 e. The number of nitrogens with one attached hydrogen (secondary N) is 1. The maximum Gasteiger partial charge on any atom is 0.263 e. The third-order valence-corrected chi connectivity index (χ3v) is 5.24. The summed E-state index contributed by atoms with van der Waals surface area (Å²) in [6.45, 7) is 2.74. The Kier molecular flexibility index (Phi) is 5.10. The normalized spacial score (nSPS) is 23.3. The molecule has 22 heavy (non-hydrogen) atoms. The van der Waals surface area contributed by atoms with E-state index in [1.807, 2.05) is 22.4 Å². The van der Waals surface area contributed by atoms with Crippen molar-refractivity contribution >= 4 is 23.2 Å². The highest BCUT2D eigenvalue weighted by Crippen LogP contribution is 2.19. The van der Waals surface area contributed by atoms with Crippen molar-refractivity contribution in [2.24, 2.45) is 5.92 Å². The van der Waals surface area contributed by atoms with Crippen LogP contribution in [0.2, 0.25) is 0 Å². The number of nitrogens with zero attached hydrogens (tertiary/aromatic N) is 1. The Balaban J connectivity index is 1.54. The van der Waals surface area contributed by atoms with Crippen molar-refractivity contribution in [1.82, 2.24) is 10.2 Å². The Morgan fingerprint density at radius 3 is 2.82 bits per heavy atom. The lowest BCUT2D eigenvalue weighted by Crippen LogP contribution is -2.51. The van der Waals surface area contributed by atoms with Crippen molar-refractivity contribution in [2.45, 2.75) is 31.7 Å². The molecular weight excluding hydrogens is 300 g/mol. The zero-order valence-corrected chi connectivity index (χ0v) is 13.4. The summed E-state index contributed by atoms with van der Waals surface area (Å²) < 4.78 is 5.30. The molecule has 2 fully saturated rings. The number of ether oxygens (including phenoxy) is 1. The fourth-order valence-electron chi connectivity index (χ4n) is 3.11. The van der Waals surface area contributed by atoms with E-state index in [-0.39, 0.29) is 23.8 Å². The van der Waals surface area contributed by atoms with Crippen LogP contribution in [0.3, 0.4) is 0 Å². The molecule has 5 nitrogen and oxygen atoms in total. The molecule has 2 aliphatic heterocycles. The van der Waals surface area contributed by atoms with Crippen molar-refractivity contribution < 1.29 is 14.3 Å². The Hall–Kier alpha value is -1.40. The van der Waals surface area contributed by atoms with E-state index in [1.165, 1.54) is 11.3 Å². The summed E-state index contributed by atoms with van der Waals surface area (Å²) in [5, 5.41) is 5.05. The maximum absolute atomic E-state index is 12.4. The summed E-state index contributed by atoms with van der Waals surface area (Å²) in [6, 6.07) is 3.83. The number of likely N-dealkylation sites (tertiary alicyclic amines) is 1. The van der Waals surface area contributed by atoms with Gasteiger partial charge in [0.25, 0.3) is 5.91 Å². The smallest absolute Gasteiger partial charge is 0.263 e. The highest BCUT2D eigenvalue weighted by atomic mass is 32.1. The van der Waals surface area contributed by atoms with Crippen LogP contribution in [0.25, 0.3) is 0 Å². The fraction of sp³-hybridized carbons (Fsp3) is 0.625. The van der Waals surface area contributed by atoms with Gasteiger partial charge in [0.15, 0.2) is 0 Å². The topological polar surface area (TPSA) is 58.6 Å². The van der Waals surface area contributed by atoms with Crippen LogP contribution in [-0.2, 0) is 9.53 Å².